The Morgan fingerprint density at radius 3 is 2.62 bits per heavy atom. The summed E-state index contributed by atoms with van der Waals surface area (Å²) in [6.07, 6.45) is 2.29. The maximum absolute atomic E-state index is 14.3. The molecule has 2 aliphatic rings. The predicted molar refractivity (Wildman–Crippen MR) is 106 cm³/mol. The largest absolute Gasteiger partial charge is 0.365 e. The van der Waals surface area contributed by atoms with Crippen molar-refractivity contribution in [1.82, 2.24) is 9.88 Å². The van der Waals surface area contributed by atoms with Crippen LogP contribution < -0.4 is 0 Å². The molecule has 152 valence electrons. The van der Waals surface area contributed by atoms with Gasteiger partial charge in [0.15, 0.2) is 0 Å². The molecule has 0 bridgehead atoms. The van der Waals surface area contributed by atoms with Gasteiger partial charge in [0.25, 0.3) is 5.92 Å². The van der Waals surface area contributed by atoms with Gasteiger partial charge in [0.1, 0.15) is 18.8 Å². The summed E-state index contributed by atoms with van der Waals surface area (Å²) in [6, 6.07) is 13.2. The van der Waals surface area contributed by atoms with Crippen LogP contribution in [-0.2, 0) is 17.7 Å². The van der Waals surface area contributed by atoms with Gasteiger partial charge in [0.2, 0.25) is 0 Å². The third-order valence-corrected chi connectivity index (χ3v) is 6.25. The van der Waals surface area contributed by atoms with Gasteiger partial charge < -0.3 is 4.74 Å². The molecular formula is C22H22ClF2N3O. The van der Waals surface area contributed by atoms with Crippen LogP contribution in [0.25, 0.3) is 0 Å². The van der Waals surface area contributed by atoms with Crippen LogP contribution in [0.3, 0.4) is 0 Å². The first-order valence-corrected chi connectivity index (χ1v) is 10.1. The molecule has 2 aromatic rings. The van der Waals surface area contributed by atoms with E-state index < -0.39 is 24.0 Å². The van der Waals surface area contributed by atoms with Gasteiger partial charge >= 0.3 is 0 Å². The highest BCUT2D eigenvalue weighted by Gasteiger charge is 2.61. The molecule has 0 saturated carbocycles. The number of aryl methyl sites for hydroxylation is 1. The number of hydrogen-bond donors (Lipinski definition) is 0. The number of pyridine rings is 1. The lowest BCUT2D eigenvalue weighted by molar-refractivity contribution is -0.301. The molecule has 1 aromatic heterocycles. The number of hydrogen-bond acceptors (Lipinski definition) is 4. The second-order valence-corrected chi connectivity index (χ2v) is 8.49. The lowest BCUT2D eigenvalue weighted by atomic mass is 9.72. The first kappa shape index (κ1) is 20.2. The fourth-order valence-corrected chi connectivity index (χ4v) is 4.58. The van der Waals surface area contributed by atoms with Crippen LogP contribution in [0.15, 0.2) is 42.6 Å². The SMILES string of the molecule is N#Cc1ccc(CC[C@@]2(C3OCC3(F)F)CCN(Cc3ccc(Cl)cc3)C2)nc1. The quantitative estimate of drug-likeness (QED) is 0.696. The van der Waals surface area contributed by atoms with E-state index in [-0.39, 0.29) is 0 Å². The zero-order chi connectivity index (χ0) is 20.5. The van der Waals surface area contributed by atoms with Gasteiger partial charge in [-0.2, -0.15) is 5.26 Å². The normalized spacial score (nSPS) is 26.1. The van der Waals surface area contributed by atoms with Gasteiger partial charge in [-0.3, -0.25) is 9.88 Å². The summed E-state index contributed by atoms with van der Waals surface area (Å²) in [5.41, 5.74) is 1.80. The Balaban J connectivity index is 1.48. The summed E-state index contributed by atoms with van der Waals surface area (Å²) >= 11 is 5.95. The van der Waals surface area contributed by atoms with Crippen LogP contribution in [0, 0.1) is 16.7 Å². The van der Waals surface area contributed by atoms with Gasteiger partial charge in [-0.1, -0.05) is 23.7 Å². The Morgan fingerprint density at radius 2 is 2.03 bits per heavy atom. The van der Waals surface area contributed by atoms with E-state index >= 15 is 0 Å². The first-order valence-electron chi connectivity index (χ1n) is 9.71. The monoisotopic (exact) mass is 417 g/mol. The minimum atomic E-state index is -2.78. The number of nitriles is 1. The number of ether oxygens (including phenoxy) is 1. The smallest absolute Gasteiger partial charge is 0.297 e. The molecule has 4 nitrogen and oxygen atoms in total. The van der Waals surface area contributed by atoms with E-state index in [1.165, 1.54) is 6.20 Å². The van der Waals surface area contributed by atoms with Gasteiger partial charge in [-0.25, -0.2) is 8.78 Å². The Kier molecular flexibility index (Phi) is 5.56. The molecule has 0 N–H and O–H groups in total. The summed E-state index contributed by atoms with van der Waals surface area (Å²) in [5.74, 6) is -2.78. The molecule has 2 atom stereocenters. The molecule has 1 unspecified atom stereocenters. The van der Waals surface area contributed by atoms with Crippen LogP contribution >= 0.6 is 11.6 Å². The van der Waals surface area contributed by atoms with Crippen LogP contribution in [0.2, 0.25) is 5.02 Å². The summed E-state index contributed by atoms with van der Waals surface area (Å²) in [4.78, 5) is 6.51. The highest BCUT2D eigenvalue weighted by Crippen LogP contribution is 2.50. The van der Waals surface area contributed by atoms with E-state index in [1.807, 2.05) is 30.3 Å². The molecular weight excluding hydrogens is 396 g/mol. The number of alkyl halides is 2. The Morgan fingerprint density at radius 1 is 1.24 bits per heavy atom. The van der Waals surface area contributed by atoms with Crippen LogP contribution in [-0.4, -0.2) is 41.6 Å². The molecule has 0 spiro atoms. The van der Waals surface area contributed by atoms with Gasteiger partial charge in [-0.15, -0.1) is 0 Å². The third kappa shape index (κ3) is 4.28. The molecule has 2 saturated heterocycles. The number of halogens is 3. The summed E-state index contributed by atoms with van der Waals surface area (Å²) in [7, 11) is 0. The molecule has 4 rings (SSSR count). The summed E-state index contributed by atoms with van der Waals surface area (Å²) in [6.45, 7) is 1.52. The minimum Gasteiger partial charge on any atom is -0.365 e. The zero-order valence-electron chi connectivity index (χ0n) is 16.0. The molecule has 2 aliphatic heterocycles. The second-order valence-electron chi connectivity index (χ2n) is 8.05. The van der Waals surface area contributed by atoms with Crippen molar-refractivity contribution in [1.29, 1.82) is 5.26 Å². The molecule has 0 radical (unpaired) electrons. The fourth-order valence-electron chi connectivity index (χ4n) is 4.45. The lowest BCUT2D eigenvalue weighted by Gasteiger charge is -2.48. The molecule has 1 aromatic carbocycles. The van der Waals surface area contributed by atoms with Crippen molar-refractivity contribution in [3.8, 4) is 6.07 Å². The Hall–Kier alpha value is -2.07. The van der Waals surface area contributed by atoms with Gasteiger partial charge in [0.05, 0.1) is 5.56 Å². The van der Waals surface area contributed by atoms with E-state index in [0.29, 0.717) is 42.9 Å². The number of nitrogens with zero attached hydrogens (tertiary/aromatic N) is 3. The number of likely N-dealkylation sites (tertiary alicyclic amines) is 1. The van der Waals surface area contributed by atoms with Gasteiger partial charge in [0, 0.05) is 35.4 Å². The van der Waals surface area contributed by atoms with E-state index in [1.54, 1.807) is 12.1 Å². The Bertz CT molecular complexity index is 898. The third-order valence-electron chi connectivity index (χ3n) is 6.00. The predicted octanol–water partition coefficient (Wildman–Crippen LogP) is 4.47. The average Bonchev–Trinajstić information content (AvgIpc) is 3.11. The van der Waals surface area contributed by atoms with E-state index in [2.05, 4.69) is 9.88 Å². The highest BCUT2D eigenvalue weighted by molar-refractivity contribution is 6.30. The average molecular weight is 418 g/mol. The fraction of sp³-hybridized carbons (Fsp3) is 0.455. The minimum absolute atomic E-state index is 0.493. The summed E-state index contributed by atoms with van der Waals surface area (Å²) in [5, 5.41) is 9.59. The van der Waals surface area contributed by atoms with Crippen molar-refractivity contribution in [3.63, 3.8) is 0 Å². The lowest BCUT2D eigenvalue weighted by Crippen LogP contribution is -2.61. The second kappa shape index (κ2) is 7.98. The maximum Gasteiger partial charge on any atom is 0.297 e. The first-order chi connectivity index (χ1) is 13.9. The molecule has 7 heteroatoms. The maximum atomic E-state index is 14.3. The van der Waals surface area contributed by atoms with Crippen molar-refractivity contribution in [3.05, 3.63) is 64.4 Å². The summed E-state index contributed by atoms with van der Waals surface area (Å²) < 4.78 is 34.0. The highest BCUT2D eigenvalue weighted by atomic mass is 35.5. The Labute approximate surface area is 174 Å². The van der Waals surface area contributed by atoms with Crippen LogP contribution in [0.4, 0.5) is 8.78 Å². The molecule has 0 aliphatic carbocycles. The number of rotatable bonds is 6. The standard InChI is InChI=1S/C22H22ClF2N3O/c23-18-4-1-16(2-5-18)13-28-10-9-21(14-28,20-22(24,25)15-29-20)8-7-19-6-3-17(11-26)12-27-19/h1-6,12,20H,7-10,13-15H2/t20?,21-/m1/s1. The van der Waals surface area contributed by atoms with E-state index in [0.717, 1.165) is 17.8 Å². The van der Waals surface area contributed by atoms with Crippen molar-refractivity contribution in [2.45, 2.75) is 37.8 Å². The van der Waals surface area contributed by atoms with E-state index in [4.69, 9.17) is 21.6 Å². The van der Waals surface area contributed by atoms with Crippen molar-refractivity contribution < 1.29 is 13.5 Å². The van der Waals surface area contributed by atoms with Crippen molar-refractivity contribution in [2.75, 3.05) is 19.7 Å². The van der Waals surface area contributed by atoms with Gasteiger partial charge in [-0.05, 0) is 55.6 Å². The van der Waals surface area contributed by atoms with Crippen molar-refractivity contribution in [2.24, 2.45) is 5.41 Å². The molecule has 0 amide bonds. The number of aromatic nitrogens is 1. The van der Waals surface area contributed by atoms with E-state index in [9.17, 15) is 8.78 Å². The van der Waals surface area contributed by atoms with Crippen molar-refractivity contribution >= 4 is 11.6 Å². The topological polar surface area (TPSA) is 49.1 Å². The van der Waals surface area contributed by atoms with Crippen LogP contribution in [0.5, 0.6) is 0 Å². The molecule has 2 fully saturated rings. The zero-order valence-corrected chi connectivity index (χ0v) is 16.7. The van der Waals surface area contributed by atoms with Crippen LogP contribution in [0.1, 0.15) is 29.7 Å². The molecule has 29 heavy (non-hydrogen) atoms. The number of benzene rings is 1. The molecule has 3 heterocycles.